The van der Waals surface area contributed by atoms with E-state index in [0.29, 0.717) is 5.00 Å². The highest BCUT2D eigenvalue weighted by Gasteiger charge is 2.06. The second-order valence-corrected chi connectivity index (χ2v) is 3.68. The van der Waals surface area contributed by atoms with Crippen LogP contribution in [0.4, 0.5) is 5.00 Å². The van der Waals surface area contributed by atoms with Crippen molar-refractivity contribution in [1.29, 1.82) is 0 Å². The molecule has 2 rings (SSSR count). The molecule has 0 aliphatic carbocycles. The maximum atomic E-state index is 10.6. The molecule has 4 nitrogen and oxygen atoms in total. The van der Waals surface area contributed by atoms with Crippen LogP contribution in [0.25, 0.3) is 10.2 Å². The Balaban J connectivity index is 2.67. The second kappa shape index (κ2) is 2.70. The fraction of sp³-hybridized carbons (Fsp3) is 0. The van der Waals surface area contributed by atoms with Crippen molar-refractivity contribution >= 4 is 32.5 Å². The van der Waals surface area contributed by atoms with Gasteiger partial charge in [-0.05, 0) is 12.1 Å². The lowest BCUT2D eigenvalue weighted by molar-refractivity contribution is 0.0696. The molecule has 2 aromatic heterocycles. The molecule has 0 unspecified atom stereocenters. The number of hydrogen-bond acceptors (Lipinski definition) is 4. The Morgan fingerprint density at radius 1 is 1.54 bits per heavy atom. The lowest BCUT2D eigenvalue weighted by Crippen LogP contribution is -1.95. The van der Waals surface area contributed by atoms with Gasteiger partial charge in [0.15, 0.2) is 0 Å². The van der Waals surface area contributed by atoms with E-state index in [1.54, 1.807) is 12.1 Å². The van der Waals surface area contributed by atoms with Crippen LogP contribution in [-0.2, 0) is 0 Å². The zero-order chi connectivity index (χ0) is 9.42. The number of thiophene rings is 1. The van der Waals surface area contributed by atoms with Gasteiger partial charge in [0.1, 0.15) is 0 Å². The highest BCUT2D eigenvalue weighted by Crippen LogP contribution is 2.26. The van der Waals surface area contributed by atoms with Crippen molar-refractivity contribution in [3.63, 3.8) is 0 Å². The van der Waals surface area contributed by atoms with Crippen LogP contribution in [0.5, 0.6) is 0 Å². The van der Waals surface area contributed by atoms with Crippen molar-refractivity contribution in [3.8, 4) is 0 Å². The van der Waals surface area contributed by atoms with Crippen molar-refractivity contribution in [2.45, 2.75) is 0 Å². The summed E-state index contributed by atoms with van der Waals surface area (Å²) in [5.74, 6) is -0.971. The third kappa shape index (κ3) is 1.33. The number of pyridine rings is 1. The SMILES string of the molecule is Nc1cc2ncc(C(=O)O)cc2s1. The molecule has 0 aliphatic rings. The number of aromatic carboxylic acids is 1. The van der Waals surface area contributed by atoms with E-state index in [1.165, 1.54) is 17.5 Å². The number of carboxylic acids is 1. The van der Waals surface area contributed by atoms with Crippen LogP contribution in [-0.4, -0.2) is 16.1 Å². The van der Waals surface area contributed by atoms with Crippen LogP contribution in [0.1, 0.15) is 10.4 Å². The van der Waals surface area contributed by atoms with Gasteiger partial charge in [-0.3, -0.25) is 4.98 Å². The summed E-state index contributed by atoms with van der Waals surface area (Å²) >= 11 is 1.34. The van der Waals surface area contributed by atoms with Crippen LogP contribution < -0.4 is 5.73 Å². The van der Waals surface area contributed by atoms with Gasteiger partial charge in [0.05, 0.1) is 20.8 Å². The number of nitrogens with two attached hydrogens (primary N) is 1. The van der Waals surface area contributed by atoms with Crippen molar-refractivity contribution in [2.24, 2.45) is 0 Å². The first kappa shape index (κ1) is 8.00. The Hall–Kier alpha value is -1.62. The summed E-state index contributed by atoms with van der Waals surface area (Å²) in [4.78, 5) is 14.6. The number of fused-ring (bicyclic) bond motifs is 1. The van der Waals surface area contributed by atoms with E-state index in [0.717, 1.165) is 10.2 Å². The molecule has 5 heteroatoms. The zero-order valence-corrected chi connectivity index (χ0v) is 7.34. The lowest BCUT2D eigenvalue weighted by atomic mass is 10.3. The molecule has 0 aliphatic heterocycles. The van der Waals surface area contributed by atoms with E-state index in [-0.39, 0.29) is 5.56 Å². The van der Waals surface area contributed by atoms with Gasteiger partial charge in [0, 0.05) is 6.20 Å². The molecule has 0 spiro atoms. The minimum Gasteiger partial charge on any atom is -0.478 e. The molecule has 0 atom stereocenters. The molecule has 2 aromatic rings. The number of hydrogen-bond donors (Lipinski definition) is 2. The number of nitrogens with zero attached hydrogens (tertiary/aromatic N) is 1. The molecule has 3 N–H and O–H groups in total. The maximum Gasteiger partial charge on any atom is 0.337 e. The predicted molar refractivity (Wildman–Crippen MR) is 51.0 cm³/mol. The van der Waals surface area contributed by atoms with E-state index in [2.05, 4.69) is 4.98 Å². The molecule has 13 heavy (non-hydrogen) atoms. The zero-order valence-electron chi connectivity index (χ0n) is 6.52. The number of anilines is 1. The number of rotatable bonds is 1. The summed E-state index contributed by atoms with van der Waals surface area (Å²) in [7, 11) is 0. The summed E-state index contributed by atoms with van der Waals surface area (Å²) < 4.78 is 0.803. The Morgan fingerprint density at radius 3 is 3.00 bits per heavy atom. The molecule has 0 saturated heterocycles. The van der Waals surface area contributed by atoms with E-state index < -0.39 is 5.97 Å². The molecule has 2 heterocycles. The van der Waals surface area contributed by atoms with Crippen LogP contribution in [0.2, 0.25) is 0 Å². The third-order valence-corrected chi connectivity index (χ3v) is 2.54. The first-order chi connectivity index (χ1) is 6.16. The van der Waals surface area contributed by atoms with Crippen LogP contribution >= 0.6 is 11.3 Å². The van der Waals surface area contributed by atoms with Crippen molar-refractivity contribution in [2.75, 3.05) is 5.73 Å². The molecule has 0 bridgehead atoms. The average Bonchev–Trinajstić information content (AvgIpc) is 2.42. The standard InChI is InChI=1S/C8H6N2O2S/c9-7-2-5-6(13-7)1-4(3-10-5)8(11)12/h1-3H,9H2,(H,11,12). The fourth-order valence-corrected chi connectivity index (χ4v) is 1.88. The van der Waals surface area contributed by atoms with Gasteiger partial charge >= 0.3 is 5.97 Å². The maximum absolute atomic E-state index is 10.6. The molecule has 0 fully saturated rings. The van der Waals surface area contributed by atoms with Crippen LogP contribution in [0.3, 0.4) is 0 Å². The molecule has 66 valence electrons. The highest BCUT2D eigenvalue weighted by atomic mass is 32.1. The molecule has 0 amide bonds. The summed E-state index contributed by atoms with van der Waals surface area (Å²) in [5.41, 5.74) is 6.48. The van der Waals surface area contributed by atoms with Crippen molar-refractivity contribution < 1.29 is 9.90 Å². The largest absolute Gasteiger partial charge is 0.478 e. The summed E-state index contributed by atoms with van der Waals surface area (Å²) in [6.07, 6.45) is 1.33. The minimum absolute atomic E-state index is 0.189. The van der Waals surface area contributed by atoms with Gasteiger partial charge in [0.2, 0.25) is 0 Å². The Bertz CT molecular complexity index is 478. The van der Waals surface area contributed by atoms with Gasteiger partial charge < -0.3 is 10.8 Å². The lowest BCUT2D eigenvalue weighted by Gasteiger charge is -1.91. The monoisotopic (exact) mass is 194 g/mol. The molecular weight excluding hydrogens is 188 g/mol. The van der Waals surface area contributed by atoms with E-state index in [1.807, 2.05) is 0 Å². The summed E-state index contributed by atoms with van der Waals surface area (Å²) in [6.45, 7) is 0. The topological polar surface area (TPSA) is 76.2 Å². The average molecular weight is 194 g/mol. The first-order valence-electron chi connectivity index (χ1n) is 3.55. The fourth-order valence-electron chi connectivity index (χ4n) is 1.05. The van der Waals surface area contributed by atoms with Crippen LogP contribution in [0.15, 0.2) is 18.3 Å². The van der Waals surface area contributed by atoms with E-state index in [9.17, 15) is 4.79 Å². The summed E-state index contributed by atoms with van der Waals surface area (Å²) in [6, 6.07) is 3.30. The van der Waals surface area contributed by atoms with Gasteiger partial charge in [-0.25, -0.2) is 4.79 Å². The smallest absolute Gasteiger partial charge is 0.337 e. The third-order valence-electron chi connectivity index (χ3n) is 1.64. The second-order valence-electron chi connectivity index (χ2n) is 2.56. The van der Waals surface area contributed by atoms with Gasteiger partial charge in [0.25, 0.3) is 0 Å². The Morgan fingerprint density at radius 2 is 2.31 bits per heavy atom. The van der Waals surface area contributed by atoms with E-state index in [4.69, 9.17) is 10.8 Å². The van der Waals surface area contributed by atoms with Gasteiger partial charge in [-0.15, -0.1) is 11.3 Å². The number of carbonyl (C=O) groups is 1. The molecule has 0 radical (unpaired) electrons. The predicted octanol–water partition coefficient (Wildman–Crippen LogP) is 1.58. The van der Waals surface area contributed by atoms with E-state index >= 15 is 0 Å². The molecule has 0 saturated carbocycles. The quantitative estimate of drug-likeness (QED) is 0.722. The summed E-state index contributed by atoms with van der Waals surface area (Å²) in [5, 5.41) is 9.33. The van der Waals surface area contributed by atoms with Gasteiger partial charge in [-0.1, -0.05) is 0 Å². The van der Waals surface area contributed by atoms with Crippen molar-refractivity contribution in [3.05, 3.63) is 23.9 Å². The number of nitrogen functional groups attached to an aromatic ring is 1. The normalized spacial score (nSPS) is 10.5. The molecular formula is C8H6N2O2S. The van der Waals surface area contributed by atoms with Gasteiger partial charge in [-0.2, -0.15) is 0 Å². The molecule has 0 aromatic carbocycles. The number of carboxylic acid groups (broad SMARTS) is 1. The Labute approximate surface area is 77.6 Å². The van der Waals surface area contributed by atoms with Crippen molar-refractivity contribution in [1.82, 2.24) is 4.98 Å². The Kier molecular flexibility index (Phi) is 1.66. The minimum atomic E-state index is -0.971. The highest BCUT2D eigenvalue weighted by molar-refractivity contribution is 7.22. The first-order valence-corrected chi connectivity index (χ1v) is 4.37. The van der Waals surface area contributed by atoms with Crippen LogP contribution in [0, 0.1) is 0 Å². The number of aromatic nitrogens is 1.